The fourth-order valence-corrected chi connectivity index (χ4v) is 1.15. The van der Waals surface area contributed by atoms with Gasteiger partial charge in [-0.2, -0.15) is 0 Å². The molecule has 0 aromatic rings. The van der Waals surface area contributed by atoms with Crippen LogP contribution in [-0.4, -0.2) is 46.1 Å². The number of carbonyl (C=O) groups excluding carboxylic acids is 1. The van der Waals surface area contributed by atoms with Crippen LogP contribution in [0.3, 0.4) is 0 Å². The summed E-state index contributed by atoms with van der Waals surface area (Å²) in [7, 11) is 1.65. The Labute approximate surface area is 104 Å². The highest BCUT2D eigenvalue weighted by atomic mass is 16.6. The maximum absolute atomic E-state index is 11.7. The Bertz CT molecular complexity index is 205. The molecule has 0 aliphatic rings. The van der Waals surface area contributed by atoms with E-state index in [2.05, 4.69) is 0 Å². The van der Waals surface area contributed by atoms with Crippen molar-refractivity contribution < 1.29 is 19.0 Å². The van der Waals surface area contributed by atoms with Crippen molar-refractivity contribution in [2.45, 2.75) is 26.7 Å². The summed E-state index contributed by atoms with van der Waals surface area (Å²) in [5.41, 5.74) is 4.98. The highest BCUT2D eigenvalue weighted by Crippen LogP contribution is 2.20. The van der Waals surface area contributed by atoms with Crippen LogP contribution in [0.25, 0.3) is 0 Å². The van der Waals surface area contributed by atoms with E-state index in [4.69, 9.17) is 19.9 Å². The van der Waals surface area contributed by atoms with Gasteiger partial charge in [-0.05, 0) is 19.8 Å². The smallest absolute Gasteiger partial charge is 0.313 e. The van der Waals surface area contributed by atoms with Crippen molar-refractivity contribution in [3.8, 4) is 0 Å². The van der Waals surface area contributed by atoms with Gasteiger partial charge in [0.25, 0.3) is 0 Å². The monoisotopic (exact) mass is 247 g/mol. The van der Waals surface area contributed by atoms with Crippen LogP contribution in [0.1, 0.15) is 26.7 Å². The molecule has 0 saturated carbocycles. The van der Waals surface area contributed by atoms with E-state index in [1.807, 2.05) is 13.8 Å². The summed E-state index contributed by atoms with van der Waals surface area (Å²) in [6, 6.07) is 0. The van der Waals surface area contributed by atoms with Crippen LogP contribution in [0.4, 0.5) is 0 Å². The summed E-state index contributed by atoms with van der Waals surface area (Å²) < 4.78 is 15.3. The maximum atomic E-state index is 11.7. The van der Waals surface area contributed by atoms with Crippen LogP contribution < -0.4 is 5.73 Å². The van der Waals surface area contributed by atoms with E-state index in [-0.39, 0.29) is 12.6 Å². The minimum absolute atomic E-state index is 0.247. The third kappa shape index (κ3) is 6.61. The number of ether oxygens (including phenoxy) is 3. The zero-order valence-electron chi connectivity index (χ0n) is 11.2. The van der Waals surface area contributed by atoms with Crippen molar-refractivity contribution in [2.24, 2.45) is 11.1 Å². The van der Waals surface area contributed by atoms with Gasteiger partial charge in [0, 0.05) is 26.9 Å². The molecule has 102 valence electrons. The van der Waals surface area contributed by atoms with Crippen molar-refractivity contribution >= 4 is 5.97 Å². The fourth-order valence-electron chi connectivity index (χ4n) is 1.15. The second kappa shape index (κ2) is 9.39. The van der Waals surface area contributed by atoms with E-state index in [0.717, 1.165) is 6.42 Å². The van der Waals surface area contributed by atoms with E-state index >= 15 is 0 Å². The van der Waals surface area contributed by atoms with E-state index < -0.39 is 5.41 Å². The molecular formula is C12H25NO4. The number of methoxy groups -OCH3 is 1. The molecule has 0 radical (unpaired) electrons. The van der Waals surface area contributed by atoms with Gasteiger partial charge in [0.15, 0.2) is 0 Å². The summed E-state index contributed by atoms with van der Waals surface area (Å²) >= 11 is 0. The molecule has 0 aliphatic heterocycles. The van der Waals surface area contributed by atoms with Gasteiger partial charge in [-0.15, -0.1) is 0 Å². The number of hydrogen-bond donors (Lipinski definition) is 1. The lowest BCUT2D eigenvalue weighted by Gasteiger charge is -2.23. The molecule has 2 N–H and O–H groups in total. The lowest BCUT2D eigenvalue weighted by atomic mass is 9.88. The number of rotatable bonds is 10. The van der Waals surface area contributed by atoms with Crippen LogP contribution in [0, 0.1) is 5.41 Å². The highest BCUT2D eigenvalue weighted by molar-refractivity contribution is 5.76. The average molecular weight is 247 g/mol. The van der Waals surface area contributed by atoms with Gasteiger partial charge in [0.1, 0.15) is 6.61 Å². The molecule has 1 unspecified atom stereocenters. The minimum Gasteiger partial charge on any atom is -0.463 e. The van der Waals surface area contributed by atoms with Crippen LogP contribution in [0.15, 0.2) is 0 Å². The van der Waals surface area contributed by atoms with Crippen molar-refractivity contribution in [2.75, 3.05) is 40.1 Å². The molecule has 5 heteroatoms. The first-order valence-electron chi connectivity index (χ1n) is 6.04. The van der Waals surface area contributed by atoms with Gasteiger partial charge in [-0.3, -0.25) is 4.79 Å². The molecule has 0 aromatic carbocycles. The predicted molar refractivity (Wildman–Crippen MR) is 65.7 cm³/mol. The molecule has 0 bridgehead atoms. The van der Waals surface area contributed by atoms with Crippen molar-refractivity contribution in [3.05, 3.63) is 0 Å². The Kier molecular flexibility index (Phi) is 9.03. The molecule has 0 heterocycles. The maximum Gasteiger partial charge on any atom is 0.313 e. The van der Waals surface area contributed by atoms with Gasteiger partial charge >= 0.3 is 5.97 Å². The Balaban J connectivity index is 3.57. The second-order valence-corrected chi connectivity index (χ2v) is 4.21. The van der Waals surface area contributed by atoms with Gasteiger partial charge < -0.3 is 19.9 Å². The molecular weight excluding hydrogens is 222 g/mol. The molecule has 0 rings (SSSR count). The molecule has 1 atom stereocenters. The Morgan fingerprint density at radius 2 is 1.94 bits per heavy atom. The van der Waals surface area contributed by atoms with Gasteiger partial charge in [0.05, 0.1) is 12.0 Å². The molecule has 0 amide bonds. The topological polar surface area (TPSA) is 70.8 Å². The van der Waals surface area contributed by atoms with E-state index in [0.29, 0.717) is 32.8 Å². The Morgan fingerprint density at radius 1 is 1.24 bits per heavy atom. The molecule has 0 fully saturated rings. The Hall–Kier alpha value is -0.650. The fraction of sp³-hybridized carbons (Fsp3) is 0.917. The number of hydrogen-bond acceptors (Lipinski definition) is 5. The minimum atomic E-state index is -0.573. The zero-order valence-corrected chi connectivity index (χ0v) is 11.2. The normalized spacial score (nSPS) is 14.4. The quantitative estimate of drug-likeness (QED) is 0.460. The van der Waals surface area contributed by atoms with Gasteiger partial charge in [0.2, 0.25) is 0 Å². The first-order valence-corrected chi connectivity index (χ1v) is 6.04. The molecule has 0 spiro atoms. The Morgan fingerprint density at radius 3 is 2.47 bits per heavy atom. The lowest BCUT2D eigenvalue weighted by Crippen LogP contribution is -2.37. The summed E-state index contributed by atoms with van der Waals surface area (Å²) in [5, 5.41) is 0. The summed E-state index contributed by atoms with van der Waals surface area (Å²) in [6.45, 7) is 6.04. The second-order valence-electron chi connectivity index (χ2n) is 4.21. The highest BCUT2D eigenvalue weighted by Gasteiger charge is 2.31. The molecule has 0 saturated heterocycles. The van der Waals surface area contributed by atoms with Crippen LogP contribution in [-0.2, 0) is 19.0 Å². The summed E-state index contributed by atoms with van der Waals surface area (Å²) in [6.07, 6.45) is 1.52. The van der Waals surface area contributed by atoms with E-state index in [9.17, 15) is 4.79 Å². The molecule has 0 aliphatic carbocycles. The molecule has 5 nitrogen and oxygen atoms in total. The average Bonchev–Trinajstić information content (AvgIpc) is 2.36. The number of esters is 1. The van der Waals surface area contributed by atoms with Crippen LogP contribution >= 0.6 is 0 Å². The van der Waals surface area contributed by atoms with Gasteiger partial charge in [-0.25, -0.2) is 0 Å². The molecule has 17 heavy (non-hydrogen) atoms. The summed E-state index contributed by atoms with van der Waals surface area (Å²) in [5.74, 6) is -0.247. The zero-order chi connectivity index (χ0) is 13.1. The third-order valence-corrected chi connectivity index (χ3v) is 2.82. The predicted octanol–water partition coefficient (Wildman–Crippen LogP) is 0.958. The lowest BCUT2D eigenvalue weighted by molar-refractivity contribution is -0.156. The number of nitrogens with two attached hydrogens (primary N) is 1. The molecule has 0 aromatic heterocycles. The first kappa shape index (κ1) is 16.4. The van der Waals surface area contributed by atoms with Crippen LogP contribution in [0.5, 0.6) is 0 Å². The van der Waals surface area contributed by atoms with Crippen molar-refractivity contribution in [3.63, 3.8) is 0 Å². The first-order chi connectivity index (χ1) is 8.10. The largest absolute Gasteiger partial charge is 0.463 e. The third-order valence-electron chi connectivity index (χ3n) is 2.82. The number of carbonyl (C=O) groups is 1. The van der Waals surface area contributed by atoms with Crippen molar-refractivity contribution in [1.29, 1.82) is 0 Å². The van der Waals surface area contributed by atoms with Crippen molar-refractivity contribution in [1.82, 2.24) is 0 Å². The standard InChI is InChI=1S/C12H25NO4/c1-4-12(2,10-13)11(14)17-9-8-16-7-5-6-15-3/h4-10,13H2,1-3H3. The van der Waals surface area contributed by atoms with Gasteiger partial charge in [-0.1, -0.05) is 6.92 Å². The SMILES string of the molecule is CCC(C)(CN)C(=O)OCCOCCCOC. The van der Waals surface area contributed by atoms with Crippen LogP contribution in [0.2, 0.25) is 0 Å². The van der Waals surface area contributed by atoms with E-state index in [1.165, 1.54) is 0 Å². The van der Waals surface area contributed by atoms with E-state index in [1.54, 1.807) is 7.11 Å². The summed E-state index contributed by atoms with van der Waals surface area (Å²) in [4.78, 5) is 11.7.